The van der Waals surface area contributed by atoms with Gasteiger partial charge in [-0.25, -0.2) is 8.42 Å². The van der Waals surface area contributed by atoms with Crippen molar-refractivity contribution in [1.29, 1.82) is 0 Å². The van der Waals surface area contributed by atoms with Crippen LogP contribution in [0.25, 0.3) is 0 Å². The minimum Gasteiger partial charge on any atom is -0.326 e. The van der Waals surface area contributed by atoms with E-state index in [9.17, 15) is 8.42 Å². The second kappa shape index (κ2) is 6.18. The van der Waals surface area contributed by atoms with Gasteiger partial charge in [0.1, 0.15) is 4.90 Å². The predicted octanol–water partition coefficient (Wildman–Crippen LogP) is 3.57. The third-order valence-electron chi connectivity index (χ3n) is 2.59. The first kappa shape index (κ1) is 16.0. The third-order valence-corrected chi connectivity index (χ3v) is 6.27. The Kier molecular flexibility index (Phi) is 4.96. The van der Waals surface area contributed by atoms with Crippen LogP contribution in [-0.2, 0) is 16.6 Å². The number of sulfonamides is 1. The summed E-state index contributed by atoms with van der Waals surface area (Å²) in [5.74, 6) is 0. The number of aryl methyl sites for hydroxylation is 1. The first-order valence-corrected chi connectivity index (χ1v) is 9.36. The molecule has 0 fully saturated rings. The molecular formula is C12H12ClIN2O2S2. The van der Waals surface area contributed by atoms with Crippen molar-refractivity contribution in [2.75, 3.05) is 4.72 Å². The largest absolute Gasteiger partial charge is 0.326 e. The zero-order valence-corrected chi connectivity index (χ0v) is 15.0. The van der Waals surface area contributed by atoms with Crippen molar-refractivity contribution in [3.05, 3.63) is 42.6 Å². The van der Waals surface area contributed by atoms with Crippen molar-refractivity contribution in [2.24, 2.45) is 5.73 Å². The van der Waals surface area contributed by atoms with Crippen LogP contribution in [-0.4, -0.2) is 8.42 Å². The molecule has 2 aromatic rings. The van der Waals surface area contributed by atoms with E-state index in [1.54, 1.807) is 31.2 Å². The normalized spacial score (nSPS) is 11.6. The van der Waals surface area contributed by atoms with Gasteiger partial charge in [-0.1, -0.05) is 11.6 Å². The Balaban J connectivity index is 2.38. The summed E-state index contributed by atoms with van der Waals surface area (Å²) in [5.41, 5.74) is 5.91. The average molecular weight is 443 g/mol. The molecule has 0 aliphatic rings. The van der Waals surface area contributed by atoms with Crippen LogP contribution in [0.4, 0.5) is 5.69 Å². The van der Waals surface area contributed by atoms with Crippen LogP contribution < -0.4 is 10.5 Å². The van der Waals surface area contributed by atoms with E-state index in [1.165, 1.54) is 11.3 Å². The molecule has 0 radical (unpaired) electrons. The highest BCUT2D eigenvalue weighted by Crippen LogP contribution is 2.30. The number of hydrogen-bond donors (Lipinski definition) is 2. The van der Waals surface area contributed by atoms with Gasteiger partial charge >= 0.3 is 0 Å². The second-order valence-corrected chi connectivity index (χ2v) is 8.71. The number of hydrogen-bond acceptors (Lipinski definition) is 4. The quantitative estimate of drug-likeness (QED) is 0.711. The van der Waals surface area contributed by atoms with Crippen molar-refractivity contribution in [2.45, 2.75) is 18.4 Å². The maximum Gasteiger partial charge on any atom is 0.263 e. The van der Waals surface area contributed by atoms with Crippen LogP contribution in [0.2, 0.25) is 5.02 Å². The third kappa shape index (κ3) is 3.45. The highest BCUT2D eigenvalue weighted by atomic mass is 127. The number of halogens is 2. The molecule has 0 saturated heterocycles. The first-order valence-electron chi connectivity index (χ1n) is 5.60. The summed E-state index contributed by atoms with van der Waals surface area (Å²) in [4.78, 5) is 1.79. The minimum atomic E-state index is -3.65. The predicted molar refractivity (Wildman–Crippen MR) is 91.9 cm³/mol. The lowest BCUT2D eigenvalue weighted by Crippen LogP contribution is -2.13. The highest BCUT2D eigenvalue weighted by molar-refractivity contribution is 14.1. The SMILES string of the molecule is Cc1sc(CN)cc1S(=O)(=O)Nc1ccc(I)cc1Cl. The second-order valence-electron chi connectivity index (χ2n) is 4.07. The summed E-state index contributed by atoms with van der Waals surface area (Å²) in [5, 5.41) is 0.368. The Morgan fingerprint density at radius 3 is 2.65 bits per heavy atom. The molecular weight excluding hydrogens is 431 g/mol. The Morgan fingerprint density at radius 1 is 1.40 bits per heavy atom. The molecule has 8 heteroatoms. The van der Waals surface area contributed by atoms with Gasteiger partial charge in [0, 0.05) is 19.9 Å². The Labute approximate surface area is 140 Å². The van der Waals surface area contributed by atoms with Gasteiger partial charge in [0.05, 0.1) is 10.7 Å². The van der Waals surface area contributed by atoms with Crippen LogP contribution in [0.3, 0.4) is 0 Å². The van der Waals surface area contributed by atoms with E-state index in [4.69, 9.17) is 17.3 Å². The lowest BCUT2D eigenvalue weighted by Gasteiger charge is -2.09. The summed E-state index contributed by atoms with van der Waals surface area (Å²) < 4.78 is 28.2. The van der Waals surface area contributed by atoms with Gasteiger partial charge in [-0.2, -0.15) is 0 Å². The van der Waals surface area contributed by atoms with Crippen molar-refractivity contribution in [3.63, 3.8) is 0 Å². The van der Waals surface area contributed by atoms with Gasteiger partial charge in [0.25, 0.3) is 10.0 Å². The van der Waals surface area contributed by atoms with Crippen LogP contribution in [0.1, 0.15) is 9.75 Å². The van der Waals surface area contributed by atoms with E-state index in [2.05, 4.69) is 27.3 Å². The molecule has 108 valence electrons. The van der Waals surface area contributed by atoms with Crippen molar-refractivity contribution in [3.8, 4) is 0 Å². The van der Waals surface area contributed by atoms with Gasteiger partial charge in [0.2, 0.25) is 0 Å². The van der Waals surface area contributed by atoms with Crippen LogP contribution in [0.15, 0.2) is 29.2 Å². The number of thiophene rings is 1. The molecule has 1 heterocycles. The molecule has 0 amide bonds. The van der Waals surface area contributed by atoms with E-state index in [1.807, 2.05) is 0 Å². The molecule has 0 bridgehead atoms. The Bertz CT molecular complexity index is 744. The fourth-order valence-electron chi connectivity index (χ4n) is 1.66. The van der Waals surface area contributed by atoms with Gasteiger partial charge in [0.15, 0.2) is 0 Å². The van der Waals surface area contributed by atoms with E-state index < -0.39 is 10.0 Å². The van der Waals surface area contributed by atoms with Crippen LogP contribution in [0.5, 0.6) is 0 Å². The van der Waals surface area contributed by atoms with Crippen LogP contribution >= 0.6 is 45.5 Å². The summed E-state index contributed by atoms with van der Waals surface area (Å²) in [7, 11) is -3.65. The van der Waals surface area contributed by atoms with E-state index >= 15 is 0 Å². The smallest absolute Gasteiger partial charge is 0.263 e. The number of anilines is 1. The molecule has 1 aromatic carbocycles. The Morgan fingerprint density at radius 2 is 2.10 bits per heavy atom. The fraction of sp³-hybridized carbons (Fsp3) is 0.167. The minimum absolute atomic E-state index is 0.248. The molecule has 3 N–H and O–H groups in total. The number of nitrogens with one attached hydrogen (secondary N) is 1. The van der Waals surface area contributed by atoms with Gasteiger partial charge in [-0.05, 0) is 53.8 Å². The lowest BCUT2D eigenvalue weighted by molar-refractivity contribution is 0.601. The average Bonchev–Trinajstić information content (AvgIpc) is 2.75. The van der Waals surface area contributed by atoms with Crippen LogP contribution in [0, 0.1) is 10.5 Å². The Hall–Kier alpha value is -0.350. The molecule has 0 spiro atoms. The van der Waals surface area contributed by atoms with Gasteiger partial charge in [-0.15, -0.1) is 11.3 Å². The fourth-order valence-corrected chi connectivity index (χ4v) is 5.22. The number of rotatable bonds is 4. The maximum atomic E-state index is 12.4. The van der Waals surface area contributed by atoms with Crippen molar-refractivity contribution in [1.82, 2.24) is 0 Å². The monoisotopic (exact) mass is 442 g/mol. The first-order chi connectivity index (χ1) is 9.33. The summed E-state index contributed by atoms with van der Waals surface area (Å²) in [6.45, 7) is 2.08. The maximum absolute atomic E-state index is 12.4. The molecule has 0 saturated carbocycles. The molecule has 0 aliphatic heterocycles. The summed E-state index contributed by atoms with van der Waals surface area (Å²) in [6, 6.07) is 6.73. The van der Waals surface area contributed by atoms with Crippen molar-refractivity contribution < 1.29 is 8.42 Å². The highest BCUT2D eigenvalue weighted by Gasteiger charge is 2.20. The molecule has 0 atom stereocenters. The zero-order valence-electron chi connectivity index (χ0n) is 10.5. The zero-order chi connectivity index (χ0) is 14.9. The molecule has 1 aromatic heterocycles. The molecule has 0 aliphatic carbocycles. The molecule has 20 heavy (non-hydrogen) atoms. The molecule has 0 unspecified atom stereocenters. The van der Waals surface area contributed by atoms with E-state index in [0.29, 0.717) is 22.1 Å². The summed E-state index contributed by atoms with van der Waals surface area (Å²) in [6.07, 6.45) is 0. The molecule has 4 nitrogen and oxygen atoms in total. The number of benzene rings is 1. The van der Waals surface area contributed by atoms with Gasteiger partial charge in [-0.3, -0.25) is 4.72 Å². The summed E-state index contributed by atoms with van der Waals surface area (Å²) >= 11 is 9.54. The standard InChI is InChI=1S/C12H12ClIN2O2S2/c1-7-12(5-9(6-15)19-7)20(17,18)16-11-3-2-8(14)4-10(11)13/h2-5,16H,6,15H2,1H3. The van der Waals surface area contributed by atoms with Crippen molar-refractivity contribution >= 4 is 61.2 Å². The van der Waals surface area contributed by atoms with E-state index in [0.717, 1.165) is 8.45 Å². The lowest BCUT2D eigenvalue weighted by atomic mass is 10.3. The molecule has 2 rings (SSSR count). The number of nitrogens with two attached hydrogens (primary N) is 1. The van der Waals surface area contributed by atoms with E-state index in [-0.39, 0.29) is 4.90 Å². The topological polar surface area (TPSA) is 72.2 Å². The van der Waals surface area contributed by atoms with Gasteiger partial charge < -0.3 is 5.73 Å².